The van der Waals surface area contributed by atoms with E-state index in [2.05, 4.69) is 0 Å². The fourth-order valence-electron chi connectivity index (χ4n) is 3.31. The summed E-state index contributed by atoms with van der Waals surface area (Å²) >= 11 is 5.89. The number of ether oxygens (including phenoxy) is 2. The van der Waals surface area contributed by atoms with Crippen molar-refractivity contribution in [1.82, 2.24) is 0 Å². The van der Waals surface area contributed by atoms with Gasteiger partial charge in [-0.15, -0.1) is 0 Å². The van der Waals surface area contributed by atoms with Gasteiger partial charge in [-0.05, 0) is 29.8 Å². The fraction of sp³-hybridized carbons (Fsp3) is 0.286. The van der Waals surface area contributed by atoms with Crippen molar-refractivity contribution in [3.05, 3.63) is 64.0 Å². The molecule has 1 fully saturated rings. The molecule has 1 aliphatic heterocycles. The summed E-state index contributed by atoms with van der Waals surface area (Å²) in [6.07, 6.45) is -5.66. The van der Waals surface area contributed by atoms with E-state index in [1.165, 1.54) is 24.5 Å². The molecule has 1 aliphatic rings. The predicted molar refractivity (Wildman–Crippen MR) is 107 cm³/mol. The molecular weight excluding hydrogens is 416 g/mol. The van der Waals surface area contributed by atoms with Crippen LogP contribution in [0.3, 0.4) is 0 Å². The van der Waals surface area contributed by atoms with Gasteiger partial charge < -0.3 is 34.3 Å². The largest absolute Gasteiger partial charge is 0.463 e. The normalized spacial score (nSPS) is 26.6. The number of halogens is 1. The van der Waals surface area contributed by atoms with Crippen molar-refractivity contribution in [3.8, 4) is 16.9 Å². The van der Waals surface area contributed by atoms with E-state index in [4.69, 9.17) is 25.5 Å². The van der Waals surface area contributed by atoms with Crippen molar-refractivity contribution >= 4 is 22.6 Å². The third-order valence-corrected chi connectivity index (χ3v) is 5.25. The first kappa shape index (κ1) is 20.8. The minimum atomic E-state index is -1.55. The zero-order chi connectivity index (χ0) is 21.4. The van der Waals surface area contributed by atoms with Crippen LogP contribution in [0.15, 0.2) is 57.9 Å². The second-order valence-electron chi connectivity index (χ2n) is 6.96. The van der Waals surface area contributed by atoms with Crippen LogP contribution in [0.4, 0.5) is 0 Å². The van der Waals surface area contributed by atoms with Crippen LogP contribution in [0.1, 0.15) is 0 Å². The number of benzene rings is 2. The Balaban J connectivity index is 1.62. The summed E-state index contributed by atoms with van der Waals surface area (Å²) in [4.78, 5) is 12.8. The average molecular weight is 435 g/mol. The standard InChI is InChI=1S/C21H19ClO8/c22-11-3-1-10(2-4-11)14-9-28-15-7-12(5-6-13(15)17(14)24)29-21-20(27)19(26)18(25)16(8-23)30-21/h1-7,9,16,18-21,23,25-27H,8H2/t16-,18-,19+,20-,21-/m0/s1. The number of hydrogen-bond acceptors (Lipinski definition) is 8. The third-order valence-electron chi connectivity index (χ3n) is 5.00. The maximum absolute atomic E-state index is 12.8. The number of fused-ring (bicyclic) bond motifs is 1. The van der Waals surface area contributed by atoms with Gasteiger partial charge in [0.2, 0.25) is 6.29 Å². The second kappa shape index (κ2) is 8.35. The lowest BCUT2D eigenvalue weighted by molar-refractivity contribution is -0.277. The molecule has 1 aromatic heterocycles. The topological polar surface area (TPSA) is 130 Å². The highest BCUT2D eigenvalue weighted by atomic mass is 35.5. The first-order valence-electron chi connectivity index (χ1n) is 9.17. The second-order valence-corrected chi connectivity index (χ2v) is 7.39. The van der Waals surface area contributed by atoms with Gasteiger partial charge in [-0.3, -0.25) is 4.79 Å². The minimum absolute atomic E-state index is 0.203. The Labute approximate surface area is 175 Å². The minimum Gasteiger partial charge on any atom is -0.463 e. The zero-order valence-electron chi connectivity index (χ0n) is 15.5. The first-order valence-corrected chi connectivity index (χ1v) is 9.55. The van der Waals surface area contributed by atoms with Gasteiger partial charge in [-0.25, -0.2) is 0 Å². The number of hydrogen-bond donors (Lipinski definition) is 4. The van der Waals surface area contributed by atoms with Crippen LogP contribution in [-0.2, 0) is 4.74 Å². The van der Waals surface area contributed by atoms with Crippen LogP contribution in [0.2, 0.25) is 5.02 Å². The molecule has 1 saturated heterocycles. The van der Waals surface area contributed by atoms with Crippen molar-refractivity contribution in [2.45, 2.75) is 30.7 Å². The van der Waals surface area contributed by atoms with Crippen molar-refractivity contribution in [2.75, 3.05) is 6.61 Å². The predicted octanol–water partition coefficient (Wildman–Crippen LogP) is 1.29. The molecule has 2 aromatic carbocycles. The SMILES string of the molecule is O=c1c(-c2ccc(Cl)cc2)coc2cc(O[C@H]3O[C@@H](CO)[C@H](O)[C@@H](O)[C@@H]3O)ccc12. The molecule has 0 saturated carbocycles. The summed E-state index contributed by atoms with van der Waals surface area (Å²) in [5.74, 6) is 0.203. The fourth-order valence-corrected chi connectivity index (χ4v) is 3.44. The van der Waals surface area contributed by atoms with E-state index < -0.39 is 37.3 Å². The van der Waals surface area contributed by atoms with Crippen LogP contribution in [0, 0.1) is 0 Å². The molecule has 4 N–H and O–H groups in total. The van der Waals surface area contributed by atoms with Gasteiger partial charge in [0, 0.05) is 11.1 Å². The maximum Gasteiger partial charge on any atom is 0.229 e. The summed E-state index contributed by atoms with van der Waals surface area (Å²) in [6.45, 7) is -0.565. The molecule has 0 radical (unpaired) electrons. The number of aliphatic hydroxyl groups is 4. The van der Waals surface area contributed by atoms with Gasteiger partial charge >= 0.3 is 0 Å². The summed E-state index contributed by atoms with van der Waals surface area (Å²) < 4.78 is 16.5. The van der Waals surface area contributed by atoms with Crippen molar-refractivity contribution < 1.29 is 34.3 Å². The van der Waals surface area contributed by atoms with Gasteiger partial charge in [0.25, 0.3) is 0 Å². The Morgan fingerprint density at radius 2 is 1.73 bits per heavy atom. The van der Waals surface area contributed by atoms with Crippen molar-refractivity contribution in [1.29, 1.82) is 0 Å². The van der Waals surface area contributed by atoms with Gasteiger partial charge in [0.15, 0.2) is 5.43 Å². The molecule has 2 heterocycles. The van der Waals surface area contributed by atoms with Crippen LogP contribution in [0.25, 0.3) is 22.1 Å². The monoisotopic (exact) mass is 434 g/mol. The van der Waals surface area contributed by atoms with E-state index in [-0.39, 0.29) is 16.8 Å². The quantitative estimate of drug-likeness (QED) is 0.483. The molecule has 8 nitrogen and oxygen atoms in total. The summed E-state index contributed by atoms with van der Waals surface area (Å²) in [5, 5.41) is 40.0. The molecule has 158 valence electrons. The molecule has 5 atom stereocenters. The van der Waals surface area contributed by atoms with Gasteiger partial charge in [0.05, 0.1) is 17.6 Å². The molecule has 0 bridgehead atoms. The summed E-state index contributed by atoms with van der Waals surface area (Å²) in [5.41, 5.74) is 1.05. The van der Waals surface area contributed by atoms with Crippen LogP contribution >= 0.6 is 11.6 Å². The number of aliphatic hydroxyl groups excluding tert-OH is 4. The van der Waals surface area contributed by atoms with Gasteiger partial charge in [0.1, 0.15) is 42.0 Å². The van der Waals surface area contributed by atoms with E-state index in [1.54, 1.807) is 24.3 Å². The molecule has 0 spiro atoms. The molecular formula is C21H19ClO8. The van der Waals surface area contributed by atoms with Crippen LogP contribution < -0.4 is 10.2 Å². The Hall–Kier alpha value is -2.46. The Bertz CT molecular complexity index is 1090. The van der Waals surface area contributed by atoms with E-state index in [0.717, 1.165) is 0 Å². The smallest absolute Gasteiger partial charge is 0.229 e. The summed E-state index contributed by atoms with van der Waals surface area (Å²) in [6, 6.07) is 11.3. The van der Waals surface area contributed by atoms with E-state index in [0.29, 0.717) is 21.5 Å². The van der Waals surface area contributed by atoms with E-state index in [9.17, 15) is 25.2 Å². The third kappa shape index (κ3) is 3.81. The highest BCUT2D eigenvalue weighted by Crippen LogP contribution is 2.27. The highest BCUT2D eigenvalue weighted by Gasteiger charge is 2.44. The zero-order valence-corrected chi connectivity index (χ0v) is 16.3. The lowest BCUT2D eigenvalue weighted by Crippen LogP contribution is -2.60. The van der Waals surface area contributed by atoms with Crippen molar-refractivity contribution in [3.63, 3.8) is 0 Å². The van der Waals surface area contributed by atoms with E-state index >= 15 is 0 Å². The Morgan fingerprint density at radius 3 is 2.43 bits per heavy atom. The molecule has 3 aromatic rings. The Morgan fingerprint density at radius 1 is 1.00 bits per heavy atom. The van der Waals surface area contributed by atoms with Crippen LogP contribution in [-0.4, -0.2) is 57.7 Å². The van der Waals surface area contributed by atoms with E-state index in [1.807, 2.05) is 0 Å². The van der Waals surface area contributed by atoms with Crippen LogP contribution in [0.5, 0.6) is 5.75 Å². The lowest BCUT2D eigenvalue weighted by atomic mass is 9.99. The molecule has 0 unspecified atom stereocenters. The molecule has 0 aliphatic carbocycles. The van der Waals surface area contributed by atoms with Gasteiger partial charge in [-0.1, -0.05) is 23.7 Å². The number of rotatable bonds is 4. The molecule has 4 rings (SSSR count). The lowest BCUT2D eigenvalue weighted by Gasteiger charge is -2.39. The Kier molecular flexibility index (Phi) is 5.79. The molecule has 30 heavy (non-hydrogen) atoms. The summed E-state index contributed by atoms with van der Waals surface area (Å²) in [7, 11) is 0. The van der Waals surface area contributed by atoms with Crippen molar-refractivity contribution in [2.24, 2.45) is 0 Å². The average Bonchev–Trinajstić information content (AvgIpc) is 2.75. The molecule has 9 heteroatoms. The highest BCUT2D eigenvalue weighted by molar-refractivity contribution is 6.30. The molecule has 0 amide bonds. The maximum atomic E-state index is 12.8. The first-order chi connectivity index (χ1) is 14.4. The van der Waals surface area contributed by atoms with Gasteiger partial charge in [-0.2, -0.15) is 0 Å².